The first-order valence-corrected chi connectivity index (χ1v) is 10.6. The Hall–Kier alpha value is -3.32. The quantitative estimate of drug-likeness (QED) is 0.507. The molecule has 0 saturated carbocycles. The molecule has 0 aliphatic carbocycles. The van der Waals surface area contributed by atoms with Crippen molar-refractivity contribution in [3.8, 4) is 5.88 Å². The van der Waals surface area contributed by atoms with Crippen molar-refractivity contribution < 1.29 is 9.90 Å². The molecule has 0 bridgehead atoms. The van der Waals surface area contributed by atoms with E-state index in [0.717, 1.165) is 12.8 Å². The van der Waals surface area contributed by atoms with Gasteiger partial charge in [-0.15, -0.1) is 11.3 Å². The maximum Gasteiger partial charge on any atom is 0.256 e. The lowest BCUT2D eigenvalue weighted by molar-refractivity contribution is 0.0765. The van der Waals surface area contributed by atoms with Crippen LogP contribution in [0, 0.1) is 0 Å². The molecule has 6 nitrogen and oxygen atoms in total. The summed E-state index contributed by atoms with van der Waals surface area (Å²) in [6.07, 6.45) is 7.01. The van der Waals surface area contributed by atoms with Crippen LogP contribution in [-0.2, 0) is 12.8 Å². The Balaban J connectivity index is 1.69. The van der Waals surface area contributed by atoms with Gasteiger partial charge in [0, 0.05) is 18.5 Å². The van der Waals surface area contributed by atoms with Gasteiger partial charge in [-0.05, 0) is 43.7 Å². The summed E-state index contributed by atoms with van der Waals surface area (Å²) in [4.78, 5) is 27.9. The molecule has 0 saturated heterocycles. The first-order chi connectivity index (χ1) is 14.6. The Morgan fingerprint density at radius 1 is 1.23 bits per heavy atom. The fraction of sp³-hybridized carbons (Fsp3) is 0.217. The number of thiophene rings is 1. The molecule has 1 amide bonds. The maximum absolute atomic E-state index is 13.3. The van der Waals surface area contributed by atoms with Crippen molar-refractivity contribution in [2.24, 2.45) is 4.99 Å². The van der Waals surface area contributed by atoms with Crippen molar-refractivity contribution in [1.29, 1.82) is 0 Å². The van der Waals surface area contributed by atoms with Gasteiger partial charge in [-0.2, -0.15) is 4.98 Å². The Labute approximate surface area is 178 Å². The van der Waals surface area contributed by atoms with E-state index in [1.807, 2.05) is 30.0 Å². The molecular weight excluding hydrogens is 396 g/mol. The number of aromatic nitrogens is 2. The van der Waals surface area contributed by atoms with Crippen molar-refractivity contribution in [1.82, 2.24) is 14.9 Å². The van der Waals surface area contributed by atoms with Crippen LogP contribution in [0.4, 0.5) is 0 Å². The van der Waals surface area contributed by atoms with Crippen LogP contribution in [0.25, 0.3) is 15.9 Å². The highest BCUT2D eigenvalue weighted by Crippen LogP contribution is 2.33. The summed E-state index contributed by atoms with van der Waals surface area (Å²) in [5.74, 6) is 0.00447. The average Bonchev–Trinajstić information content (AvgIpc) is 3.07. The van der Waals surface area contributed by atoms with Crippen molar-refractivity contribution in [3.05, 3.63) is 70.4 Å². The van der Waals surface area contributed by atoms with Crippen LogP contribution in [0.3, 0.4) is 0 Å². The third-order valence-electron chi connectivity index (χ3n) is 5.18. The number of fused-ring (bicyclic) bond motifs is 2. The molecule has 1 aliphatic heterocycles. The molecule has 4 rings (SSSR count). The number of carbonyl (C=O) groups excluding carboxylic acids is 1. The molecule has 1 N–H and O–H groups in total. The zero-order valence-corrected chi connectivity index (χ0v) is 17.5. The molecule has 2 aromatic heterocycles. The summed E-state index contributed by atoms with van der Waals surface area (Å²) in [6, 6.07) is 8.33. The molecule has 7 heteroatoms. The summed E-state index contributed by atoms with van der Waals surface area (Å²) >= 11 is 1.27. The second kappa shape index (κ2) is 8.59. The van der Waals surface area contributed by atoms with Crippen molar-refractivity contribution in [3.63, 3.8) is 0 Å². The number of carbonyl (C=O) groups is 1. The standard InChI is InChI=1S/C23H22N4O2S/c1-3-4-9-18(24-2)21-25-19-17(14-30-20(19)22(28)26-21)23(29)27-12-10-15-7-5-6-8-16(15)11-13-27/h3-9,14H,2,10-13H2,1H3,(H,25,26,28)/b4-3-,18-9-. The van der Waals surface area contributed by atoms with Gasteiger partial charge in [-0.25, -0.2) is 4.98 Å². The number of rotatable bonds is 4. The normalized spacial score (nSPS) is 14.7. The molecule has 152 valence electrons. The number of allylic oxidation sites excluding steroid dienone is 3. The van der Waals surface area contributed by atoms with Gasteiger partial charge in [0.15, 0.2) is 5.82 Å². The Bertz CT molecular complexity index is 1150. The van der Waals surface area contributed by atoms with E-state index in [0.29, 0.717) is 34.6 Å². The second-order valence-corrected chi connectivity index (χ2v) is 7.87. The maximum atomic E-state index is 13.3. The topological polar surface area (TPSA) is 78.7 Å². The van der Waals surface area contributed by atoms with Crippen LogP contribution in [0.1, 0.15) is 34.2 Å². The number of benzene rings is 1. The van der Waals surface area contributed by atoms with Crippen LogP contribution < -0.4 is 0 Å². The lowest BCUT2D eigenvalue weighted by Gasteiger charge is -2.19. The van der Waals surface area contributed by atoms with Gasteiger partial charge in [0.2, 0.25) is 5.88 Å². The van der Waals surface area contributed by atoms with E-state index in [2.05, 4.69) is 33.8 Å². The van der Waals surface area contributed by atoms with E-state index in [1.165, 1.54) is 22.5 Å². The van der Waals surface area contributed by atoms with Crippen molar-refractivity contribution in [2.75, 3.05) is 13.1 Å². The zero-order chi connectivity index (χ0) is 21.1. The molecule has 0 unspecified atom stereocenters. The van der Waals surface area contributed by atoms with Crippen LogP contribution in [-0.4, -0.2) is 45.7 Å². The Morgan fingerprint density at radius 3 is 2.57 bits per heavy atom. The van der Waals surface area contributed by atoms with E-state index in [4.69, 9.17) is 0 Å². The first kappa shape index (κ1) is 20.0. The van der Waals surface area contributed by atoms with E-state index in [1.54, 1.807) is 17.5 Å². The first-order valence-electron chi connectivity index (χ1n) is 9.76. The van der Waals surface area contributed by atoms with Gasteiger partial charge in [0.25, 0.3) is 5.91 Å². The third-order valence-corrected chi connectivity index (χ3v) is 6.15. The summed E-state index contributed by atoms with van der Waals surface area (Å²) in [5.41, 5.74) is 3.95. The fourth-order valence-corrected chi connectivity index (χ4v) is 4.46. The zero-order valence-electron chi connectivity index (χ0n) is 16.7. The predicted molar refractivity (Wildman–Crippen MR) is 121 cm³/mol. The Kier molecular flexibility index (Phi) is 5.72. The molecule has 3 heterocycles. The second-order valence-electron chi connectivity index (χ2n) is 6.99. The van der Waals surface area contributed by atoms with Crippen LogP contribution in [0.5, 0.6) is 5.88 Å². The minimum absolute atomic E-state index is 0.0800. The van der Waals surface area contributed by atoms with Gasteiger partial charge < -0.3 is 10.0 Å². The highest BCUT2D eigenvalue weighted by molar-refractivity contribution is 7.17. The number of aromatic hydroxyl groups is 1. The van der Waals surface area contributed by atoms with Crippen LogP contribution in [0.15, 0.2) is 52.9 Å². The minimum atomic E-state index is -0.155. The van der Waals surface area contributed by atoms with Crippen LogP contribution in [0.2, 0.25) is 0 Å². The number of nitrogens with zero attached hydrogens (tertiary/aromatic N) is 4. The highest BCUT2D eigenvalue weighted by atomic mass is 32.1. The van der Waals surface area contributed by atoms with E-state index >= 15 is 0 Å². The monoisotopic (exact) mass is 418 g/mol. The molecule has 1 aliphatic rings. The predicted octanol–water partition coefficient (Wildman–Crippen LogP) is 4.26. The summed E-state index contributed by atoms with van der Waals surface area (Å²) in [6.45, 7) is 6.75. The molecule has 30 heavy (non-hydrogen) atoms. The number of hydrogen-bond donors (Lipinski definition) is 1. The number of hydrogen-bond acceptors (Lipinski definition) is 6. The number of aliphatic imine (C=N–C) groups is 1. The molecule has 0 fully saturated rings. The van der Waals surface area contributed by atoms with Gasteiger partial charge in [-0.3, -0.25) is 9.79 Å². The fourth-order valence-electron chi connectivity index (χ4n) is 3.60. The van der Waals surface area contributed by atoms with Crippen LogP contribution >= 0.6 is 11.3 Å². The summed E-state index contributed by atoms with van der Waals surface area (Å²) in [5, 5.41) is 12.2. The molecule has 0 radical (unpaired) electrons. The molecular formula is C23H22N4O2S. The van der Waals surface area contributed by atoms with Gasteiger partial charge in [0.1, 0.15) is 15.9 Å². The Morgan fingerprint density at radius 2 is 1.93 bits per heavy atom. The minimum Gasteiger partial charge on any atom is -0.492 e. The molecule has 3 aromatic rings. The third kappa shape index (κ3) is 3.76. The molecule has 0 atom stereocenters. The SMILES string of the molecule is C=N/C(=C\C=C/C)c1nc(O)c2scc(C(=O)N3CCc4ccccc4CC3)c2n1. The summed E-state index contributed by atoms with van der Waals surface area (Å²) in [7, 11) is 0. The van der Waals surface area contributed by atoms with E-state index in [9.17, 15) is 9.90 Å². The lowest BCUT2D eigenvalue weighted by atomic mass is 10.0. The largest absolute Gasteiger partial charge is 0.492 e. The van der Waals surface area contributed by atoms with E-state index in [-0.39, 0.29) is 17.6 Å². The van der Waals surface area contributed by atoms with Gasteiger partial charge in [0.05, 0.1) is 5.56 Å². The lowest BCUT2D eigenvalue weighted by Crippen LogP contribution is -2.33. The van der Waals surface area contributed by atoms with Crippen molar-refractivity contribution in [2.45, 2.75) is 19.8 Å². The highest BCUT2D eigenvalue weighted by Gasteiger charge is 2.24. The smallest absolute Gasteiger partial charge is 0.256 e. The summed E-state index contributed by atoms with van der Waals surface area (Å²) < 4.78 is 0.495. The van der Waals surface area contributed by atoms with Gasteiger partial charge in [-0.1, -0.05) is 36.4 Å². The van der Waals surface area contributed by atoms with Crippen molar-refractivity contribution >= 4 is 39.9 Å². The molecule has 0 spiro atoms. The number of amides is 1. The van der Waals surface area contributed by atoms with Gasteiger partial charge >= 0.3 is 0 Å². The van der Waals surface area contributed by atoms with E-state index < -0.39 is 0 Å². The molecule has 1 aromatic carbocycles. The average molecular weight is 419 g/mol.